The van der Waals surface area contributed by atoms with Crippen LogP contribution in [0.2, 0.25) is 5.02 Å². The Hall–Kier alpha value is -2.39. The van der Waals surface area contributed by atoms with Crippen LogP contribution >= 0.6 is 11.6 Å². The van der Waals surface area contributed by atoms with Gasteiger partial charge in [-0.3, -0.25) is 0 Å². The third-order valence-electron chi connectivity index (χ3n) is 5.53. The first-order chi connectivity index (χ1) is 15.0. The Morgan fingerprint density at radius 3 is 2.26 bits per heavy atom. The molecule has 1 aliphatic heterocycles. The molecule has 4 rings (SSSR count). The highest BCUT2D eigenvalue weighted by atomic mass is 35.5. The number of rotatable bonds is 5. The van der Waals surface area contributed by atoms with E-state index in [1.54, 1.807) is 24.5 Å². The quantitative estimate of drug-likeness (QED) is 0.477. The molecule has 0 unspecified atom stereocenters. The maximum absolute atomic E-state index is 10.4. The maximum Gasteiger partial charge on any atom is 0.115 e. The molecule has 0 radical (unpaired) electrons. The third kappa shape index (κ3) is 4.62. The van der Waals surface area contributed by atoms with Gasteiger partial charge in [0.05, 0.1) is 6.61 Å². The summed E-state index contributed by atoms with van der Waals surface area (Å²) in [7, 11) is 0. The highest BCUT2D eigenvalue weighted by Crippen LogP contribution is 2.34. The standard InChI is InChI=1S/C23H23ClN2O5/c24-18-6-5-15(23-22(30)21(29)20(28)19(11-27)31-23)8-16(18)7-13-1-3-14(4-2-13)17-9-25-12-26-10-17/h1-6,8-10,12,19-23,27-30H,7,11H2/t19-,20-,21+,22-,23+/m1/s1. The minimum Gasteiger partial charge on any atom is -0.394 e. The normalized spacial score (nSPS) is 26.0. The smallest absolute Gasteiger partial charge is 0.115 e. The zero-order valence-electron chi connectivity index (χ0n) is 16.5. The number of benzene rings is 2. The van der Waals surface area contributed by atoms with Gasteiger partial charge in [0.1, 0.15) is 36.8 Å². The minimum atomic E-state index is -1.43. The maximum atomic E-state index is 10.4. The lowest BCUT2D eigenvalue weighted by atomic mass is 9.90. The second-order valence-corrected chi connectivity index (χ2v) is 8.01. The number of hydrogen-bond donors (Lipinski definition) is 4. The van der Waals surface area contributed by atoms with E-state index in [0.717, 1.165) is 22.3 Å². The van der Waals surface area contributed by atoms with Crippen molar-refractivity contribution in [2.45, 2.75) is 36.9 Å². The van der Waals surface area contributed by atoms with Crippen LogP contribution in [0, 0.1) is 0 Å². The van der Waals surface area contributed by atoms with E-state index in [4.69, 9.17) is 16.3 Å². The van der Waals surface area contributed by atoms with Crippen molar-refractivity contribution in [1.29, 1.82) is 0 Å². The number of aliphatic hydroxyl groups is 4. The van der Waals surface area contributed by atoms with Gasteiger partial charge in [0.2, 0.25) is 0 Å². The van der Waals surface area contributed by atoms with Crippen LogP contribution in [-0.2, 0) is 11.2 Å². The van der Waals surface area contributed by atoms with Gasteiger partial charge in [0.15, 0.2) is 0 Å². The monoisotopic (exact) mass is 442 g/mol. The van der Waals surface area contributed by atoms with Crippen molar-refractivity contribution in [2.24, 2.45) is 0 Å². The van der Waals surface area contributed by atoms with Crippen LogP contribution < -0.4 is 0 Å². The lowest BCUT2D eigenvalue weighted by Gasteiger charge is -2.40. The van der Waals surface area contributed by atoms with Crippen molar-refractivity contribution in [3.63, 3.8) is 0 Å². The molecule has 1 aromatic heterocycles. The molecule has 1 saturated heterocycles. The lowest BCUT2D eigenvalue weighted by molar-refractivity contribution is -0.231. The molecule has 4 N–H and O–H groups in total. The molecule has 0 bridgehead atoms. The van der Waals surface area contributed by atoms with E-state index in [2.05, 4.69) is 9.97 Å². The first-order valence-corrected chi connectivity index (χ1v) is 10.3. The predicted molar refractivity (Wildman–Crippen MR) is 114 cm³/mol. The molecule has 7 nitrogen and oxygen atoms in total. The fourth-order valence-corrected chi connectivity index (χ4v) is 3.95. The Morgan fingerprint density at radius 1 is 0.871 bits per heavy atom. The van der Waals surface area contributed by atoms with Crippen LogP contribution in [0.5, 0.6) is 0 Å². The highest BCUT2D eigenvalue weighted by Gasteiger charge is 2.44. The fraction of sp³-hybridized carbons (Fsp3) is 0.304. The summed E-state index contributed by atoms with van der Waals surface area (Å²) in [5.41, 5.74) is 4.40. The second-order valence-electron chi connectivity index (χ2n) is 7.60. The predicted octanol–water partition coefficient (Wildman–Crippen LogP) is 1.90. The van der Waals surface area contributed by atoms with Crippen LogP contribution in [0.4, 0.5) is 0 Å². The molecule has 0 amide bonds. The van der Waals surface area contributed by atoms with Crippen LogP contribution in [0.15, 0.2) is 61.2 Å². The lowest BCUT2D eigenvalue weighted by Crippen LogP contribution is -2.55. The molecule has 3 aromatic rings. The summed E-state index contributed by atoms with van der Waals surface area (Å²) in [5, 5.41) is 40.5. The Labute approximate surface area is 184 Å². The van der Waals surface area contributed by atoms with Gasteiger partial charge in [-0.05, 0) is 34.7 Å². The molecular weight excluding hydrogens is 420 g/mol. The summed E-state index contributed by atoms with van der Waals surface area (Å²) in [5.74, 6) is 0. The Morgan fingerprint density at radius 2 is 1.58 bits per heavy atom. The van der Waals surface area contributed by atoms with Crippen molar-refractivity contribution in [3.8, 4) is 11.1 Å². The summed E-state index contributed by atoms with van der Waals surface area (Å²) in [4.78, 5) is 8.07. The van der Waals surface area contributed by atoms with Gasteiger partial charge in [0, 0.05) is 23.0 Å². The Kier molecular flexibility index (Phi) is 6.62. The SMILES string of the molecule is OC[C@H]1O[C@@H](c2ccc(Cl)c(Cc3ccc(-c4cncnc4)cc3)c2)[C@H](O)[C@@H](O)[C@@H]1O. The summed E-state index contributed by atoms with van der Waals surface area (Å²) in [6.45, 7) is -0.472. The fourth-order valence-electron chi connectivity index (χ4n) is 3.77. The van der Waals surface area contributed by atoms with E-state index in [1.165, 1.54) is 6.33 Å². The largest absolute Gasteiger partial charge is 0.394 e. The molecule has 0 spiro atoms. The van der Waals surface area contributed by atoms with Crippen LogP contribution in [0.1, 0.15) is 22.8 Å². The molecule has 5 atom stereocenters. The molecule has 1 fully saturated rings. The van der Waals surface area contributed by atoms with Crippen molar-refractivity contribution in [1.82, 2.24) is 9.97 Å². The van der Waals surface area contributed by atoms with Crippen molar-refractivity contribution < 1.29 is 25.2 Å². The van der Waals surface area contributed by atoms with Crippen LogP contribution in [0.3, 0.4) is 0 Å². The molecule has 2 aromatic carbocycles. The molecule has 162 valence electrons. The number of nitrogens with zero attached hydrogens (tertiary/aromatic N) is 2. The van der Waals surface area contributed by atoms with Crippen LogP contribution in [-0.4, -0.2) is 61.4 Å². The first kappa shape index (κ1) is 21.8. The van der Waals surface area contributed by atoms with Crippen LogP contribution in [0.25, 0.3) is 11.1 Å². The van der Waals surface area contributed by atoms with E-state index in [9.17, 15) is 20.4 Å². The third-order valence-corrected chi connectivity index (χ3v) is 5.90. The van der Waals surface area contributed by atoms with Crippen molar-refractivity contribution in [3.05, 3.63) is 82.9 Å². The number of halogens is 1. The molecule has 2 heterocycles. The topological polar surface area (TPSA) is 116 Å². The van der Waals surface area contributed by atoms with Gasteiger partial charge >= 0.3 is 0 Å². The van der Waals surface area contributed by atoms with E-state index in [0.29, 0.717) is 17.0 Å². The zero-order valence-corrected chi connectivity index (χ0v) is 17.3. The number of hydrogen-bond acceptors (Lipinski definition) is 7. The first-order valence-electron chi connectivity index (χ1n) is 9.91. The summed E-state index contributed by atoms with van der Waals surface area (Å²) < 4.78 is 5.66. The number of aliphatic hydroxyl groups excluding tert-OH is 4. The molecule has 0 aliphatic carbocycles. The van der Waals surface area contributed by atoms with Crippen molar-refractivity contribution >= 4 is 11.6 Å². The summed E-state index contributed by atoms with van der Waals surface area (Å²) in [6, 6.07) is 13.2. The Balaban J connectivity index is 1.56. The molecule has 8 heteroatoms. The molecule has 31 heavy (non-hydrogen) atoms. The average Bonchev–Trinajstić information content (AvgIpc) is 2.80. The van der Waals surface area contributed by atoms with Gasteiger partial charge in [-0.1, -0.05) is 48.0 Å². The van der Waals surface area contributed by atoms with E-state index in [-0.39, 0.29) is 0 Å². The number of aromatic nitrogens is 2. The van der Waals surface area contributed by atoms with Gasteiger partial charge in [-0.2, -0.15) is 0 Å². The van der Waals surface area contributed by atoms with Gasteiger partial charge in [-0.25, -0.2) is 9.97 Å². The summed E-state index contributed by atoms with van der Waals surface area (Å²) >= 11 is 6.41. The molecule has 0 saturated carbocycles. The molecule has 1 aliphatic rings. The van der Waals surface area contributed by atoms with E-state index < -0.39 is 37.1 Å². The van der Waals surface area contributed by atoms with Gasteiger partial charge in [0.25, 0.3) is 0 Å². The average molecular weight is 443 g/mol. The highest BCUT2D eigenvalue weighted by molar-refractivity contribution is 6.31. The second kappa shape index (κ2) is 9.40. The zero-order chi connectivity index (χ0) is 22.0. The van der Waals surface area contributed by atoms with E-state index in [1.807, 2.05) is 30.3 Å². The van der Waals surface area contributed by atoms with Gasteiger partial charge < -0.3 is 25.2 Å². The van der Waals surface area contributed by atoms with E-state index >= 15 is 0 Å². The molecular formula is C23H23ClN2O5. The van der Waals surface area contributed by atoms with Crippen molar-refractivity contribution in [2.75, 3.05) is 6.61 Å². The minimum absolute atomic E-state index is 0.472. The summed E-state index contributed by atoms with van der Waals surface area (Å²) in [6.07, 6.45) is -0.465. The Bertz CT molecular complexity index is 1020. The number of ether oxygens (including phenoxy) is 1. The van der Waals surface area contributed by atoms with Gasteiger partial charge in [-0.15, -0.1) is 0 Å².